The molecule has 17 nitrogen and oxygen atoms in total. The van der Waals surface area contributed by atoms with Crippen molar-refractivity contribution in [3.63, 3.8) is 0 Å². The second kappa shape index (κ2) is 21.8. The zero-order valence-electron chi connectivity index (χ0n) is 39.0. The van der Waals surface area contributed by atoms with Crippen molar-refractivity contribution >= 4 is 52.5 Å². The highest BCUT2D eigenvalue weighted by atomic mass is 19.4. The Balaban J connectivity index is 0.767. The largest absolute Gasteiger partial charge is 0.417 e. The number of imide groups is 2. The van der Waals surface area contributed by atoms with Crippen LogP contribution in [0.15, 0.2) is 77.7 Å². The Morgan fingerprint density at radius 3 is 2.27 bits per heavy atom. The first kappa shape index (κ1) is 49.5. The minimum Gasteiger partial charge on any atom is -0.384 e. The maximum absolute atomic E-state index is 13.9. The molecule has 4 aliphatic rings. The number of hydrogen-bond acceptors (Lipinski definition) is 12. The Morgan fingerprint density at radius 2 is 1.51 bits per heavy atom. The lowest BCUT2D eigenvalue weighted by Gasteiger charge is -2.35. The molecule has 1 atom stereocenters. The van der Waals surface area contributed by atoms with E-state index in [1.165, 1.54) is 0 Å². The zero-order chi connectivity index (χ0) is 49.5. The fourth-order valence-electron chi connectivity index (χ4n) is 9.42. The third-order valence-corrected chi connectivity index (χ3v) is 13.3. The quantitative estimate of drug-likeness (QED) is 0.0741. The summed E-state index contributed by atoms with van der Waals surface area (Å²) in [4.78, 5) is 101. The molecule has 20 heteroatoms. The predicted octanol–water partition coefficient (Wildman–Crippen LogP) is 4.37. The van der Waals surface area contributed by atoms with E-state index in [9.17, 15) is 46.7 Å². The third-order valence-electron chi connectivity index (χ3n) is 13.3. The number of H-pyrrole nitrogens is 1. The lowest BCUT2D eigenvalue weighted by molar-refractivity contribution is -0.138. The Kier molecular flexibility index (Phi) is 15.4. The molecule has 70 heavy (non-hydrogen) atoms. The van der Waals surface area contributed by atoms with Crippen molar-refractivity contribution in [2.45, 2.75) is 57.3 Å². The van der Waals surface area contributed by atoms with E-state index in [0.717, 1.165) is 86.4 Å². The predicted molar refractivity (Wildman–Crippen MR) is 256 cm³/mol. The van der Waals surface area contributed by atoms with Gasteiger partial charge in [0.25, 0.3) is 17.7 Å². The van der Waals surface area contributed by atoms with Crippen LogP contribution in [0.3, 0.4) is 0 Å². The molecule has 370 valence electrons. The van der Waals surface area contributed by atoms with Crippen molar-refractivity contribution < 1.29 is 41.9 Å². The van der Waals surface area contributed by atoms with E-state index in [4.69, 9.17) is 0 Å². The van der Waals surface area contributed by atoms with Crippen LogP contribution in [0.5, 0.6) is 0 Å². The fraction of sp³-hybridized carbons (Fsp3) is 0.420. The molecule has 0 saturated carbocycles. The number of piperidine rings is 1. The van der Waals surface area contributed by atoms with Crippen molar-refractivity contribution in [3.8, 4) is 11.1 Å². The summed E-state index contributed by atoms with van der Waals surface area (Å²) in [6.07, 6.45) is -1.40. The van der Waals surface area contributed by atoms with Gasteiger partial charge in [0.05, 0.1) is 33.6 Å². The Labute approximate surface area is 402 Å². The van der Waals surface area contributed by atoms with Crippen LogP contribution in [0.1, 0.15) is 80.7 Å². The summed E-state index contributed by atoms with van der Waals surface area (Å²) in [6.45, 7) is 8.72. The normalized spacial score (nSPS) is 18.2. The highest BCUT2D eigenvalue weighted by Crippen LogP contribution is 2.36. The maximum atomic E-state index is 13.9. The van der Waals surface area contributed by atoms with Gasteiger partial charge in [-0.2, -0.15) is 13.2 Å². The van der Waals surface area contributed by atoms with E-state index >= 15 is 0 Å². The summed E-state index contributed by atoms with van der Waals surface area (Å²) < 4.78 is 41.7. The second-order valence-corrected chi connectivity index (χ2v) is 18.2. The summed E-state index contributed by atoms with van der Waals surface area (Å²) in [5, 5.41) is 11.2. The summed E-state index contributed by atoms with van der Waals surface area (Å²) in [5.74, 6) is -3.20. The smallest absolute Gasteiger partial charge is 0.384 e. The lowest BCUT2D eigenvalue weighted by atomic mass is 10.0. The monoisotopic (exact) mass is 966 g/mol. The number of fused-ring (bicyclic) bond motifs is 1. The molecule has 5 heterocycles. The van der Waals surface area contributed by atoms with Gasteiger partial charge in [-0.1, -0.05) is 36.8 Å². The van der Waals surface area contributed by atoms with Crippen LogP contribution >= 0.6 is 0 Å². The molecule has 4 aromatic rings. The van der Waals surface area contributed by atoms with Gasteiger partial charge < -0.3 is 30.7 Å². The van der Waals surface area contributed by atoms with E-state index < -0.39 is 58.4 Å². The zero-order valence-corrected chi connectivity index (χ0v) is 39.0. The van der Waals surface area contributed by atoms with Crippen LogP contribution in [0.25, 0.3) is 11.1 Å². The van der Waals surface area contributed by atoms with Crippen LogP contribution < -0.4 is 31.7 Å². The fourth-order valence-corrected chi connectivity index (χ4v) is 9.42. The lowest BCUT2D eigenvalue weighted by Crippen LogP contribution is -2.54. The average Bonchev–Trinajstić information content (AvgIpc) is 3.59. The minimum atomic E-state index is -4.91. The number of halogens is 3. The first-order valence-electron chi connectivity index (χ1n) is 23.7. The summed E-state index contributed by atoms with van der Waals surface area (Å²) in [5.41, 5.74) is 1.80. The molecular weight excluding hydrogens is 910 g/mol. The molecule has 3 fully saturated rings. The molecule has 1 aromatic heterocycles. The van der Waals surface area contributed by atoms with Gasteiger partial charge in [-0.15, -0.1) is 0 Å². The molecule has 3 saturated heterocycles. The van der Waals surface area contributed by atoms with Gasteiger partial charge in [0.1, 0.15) is 6.04 Å². The van der Waals surface area contributed by atoms with Crippen molar-refractivity contribution in [2.24, 2.45) is 0 Å². The number of nitrogens with zero attached hydrogens (tertiary/aromatic N) is 5. The van der Waals surface area contributed by atoms with Crippen molar-refractivity contribution in [1.29, 1.82) is 0 Å². The van der Waals surface area contributed by atoms with Gasteiger partial charge in [-0.25, -0.2) is 0 Å². The van der Waals surface area contributed by atoms with Crippen molar-refractivity contribution in [3.05, 3.63) is 111 Å². The van der Waals surface area contributed by atoms with Crippen LogP contribution in [0, 0.1) is 0 Å². The Morgan fingerprint density at radius 1 is 0.771 bits per heavy atom. The summed E-state index contributed by atoms with van der Waals surface area (Å²) in [7, 11) is 2.02. The molecule has 4 aliphatic heterocycles. The van der Waals surface area contributed by atoms with Crippen LogP contribution in [-0.4, -0.2) is 145 Å². The number of rotatable bonds is 17. The maximum Gasteiger partial charge on any atom is 0.417 e. The van der Waals surface area contributed by atoms with E-state index in [2.05, 4.69) is 58.0 Å². The standard InChI is InChI=1S/C50H57F3N10O7/c1-59-19-25-62(26-20-59)40-13-12-34(28-39(40)57-46(67)36-30-56-44(66)29-37(36)50(51,52)53)33-8-5-7-32(27-33)31-61-23-21-60(22-24-61)18-17-55-42(64)11-3-2-4-16-54-38-10-6-9-35-45(38)49(70)63(48(35)69)41-14-15-43(65)58-47(41)68/h5-10,12-13,27-30,41,54H,2-4,11,14-26,31H2,1H3,(H,55,64)(H,56,66)(H,57,67)(H,58,65,68). The van der Waals surface area contributed by atoms with Gasteiger partial charge in [-0.3, -0.25) is 53.6 Å². The first-order valence-corrected chi connectivity index (χ1v) is 23.7. The Bertz CT molecular complexity index is 2700. The van der Waals surface area contributed by atoms with Gasteiger partial charge in [0.15, 0.2) is 0 Å². The molecule has 0 spiro atoms. The van der Waals surface area contributed by atoms with Gasteiger partial charge >= 0.3 is 6.18 Å². The van der Waals surface area contributed by atoms with Crippen molar-refractivity contribution in [1.82, 2.24) is 35.2 Å². The molecule has 6 amide bonds. The summed E-state index contributed by atoms with van der Waals surface area (Å²) in [6, 6.07) is 18.0. The first-order chi connectivity index (χ1) is 33.6. The molecular formula is C50H57F3N10O7. The number of nitrogens with one attached hydrogen (secondary N) is 5. The number of aromatic nitrogens is 1. The number of aromatic amines is 1. The van der Waals surface area contributed by atoms with Crippen LogP contribution in [0.4, 0.5) is 30.2 Å². The van der Waals surface area contributed by atoms with E-state index in [1.807, 2.05) is 31.3 Å². The highest BCUT2D eigenvalue weighted by Gasteiger charge is 2.45. The molecule has 5 N–H and O–H groups in total. The highest BCUT2D eigenvalue weighted by molar-refractivity contribution is 6.25. The number of pyridine rings is 1. The van der Waals surface area contributed by atoms with Crippen LogP contribution in [0.2, 0.25) is 0 Å². The van der Waals surface area contributed by atoms with Gasteiger partial charge in [0, 0.05) is 109 Å². The minimum absolute atomic E-state index is 0.0159. The number of unbranched alkanes of at least 4 members (excludes halogenated alkanes) is 2. The summed E-state index contributed by atoms with van der Waals surface area (Å²) >= 11 is 0. The number of piperazine rings is 2. The Hall–Kier alpha value is -6.90. The van der Waals surface area contributed by atoms with Gasteiger partial charge in [-0.05, 0) is 73.3 Å². The molecule has 8 rings (SSSR count). The molecule has 1 unspecified atom stereocenters. The number of hydrogen-bond donors (Lipinski definition) is 5. The van der Waals surface area contributed by atoms with E-state index in [-0.39, 0.29) is 29.9 Å². The molecule has 3 aromatic carbocycles. The third kappa shape index (κ3) is 11.7. The number of benzene rings is 3. The number of amides is 6. The topological polar surface area (TPSA) is 200 Å². The SMILES string of the molecule is CN1CCN(c2ccc(-c3cccc(CN4CCN(CCNC(=O)CCCCCNc5cccc6c5C(=O)N(C5CCC(=O)NC5=O)C6=O)CC4)c3)cc2NC(=O)c2c[nH]c(=O)cc2C(F)(F)F)CC1. The van der Waals surface area contributed by atoms with E-state index in [1.54, 1.807) is 24.3 Å². The van der Waals surface area contributed by atoms with E-state index in [0.29, 0.717) is 68.7 Å². The molecule has 0 bridgehead atoms. The number of carbonyl (C=O) groups excluding carboxylic acids is 6. The van der Waals surface area contributed by atoms with Crippen molar-refractivity contribution in [2.75, 3.05) is 94.6 Å². The number of alkyl halides is 3. The van der Waals surface area contributed by atoms with Crippen LogP contribution in [-0.2, 0) is 27.1 Å². The number of likely N-dealkylation sites (N-methyl/N-ethyl adjacent to an activating group) is 1. The second-order valence-electron chi connectivity index (χ2n) is 18.2. The average molecular weight is 967 g/mol. The van der Waals surface area contributed by atoms with Gasteiger partial charge in [0.2, 0.25) is 23.3 Å². The molecule has 0 aliphatic carbocycles. The molecule has 0 radical (unpaired) electrons. The number of carbonyl (C=O) groups is 6. The number of anilines is 3.